The van der Waals surface area contributed by atoms with E-state index in [4.69, 9.17) is 0 Å². The Labute approximate surface area is 143 Å². The zero-order chi connectivity index (χ0) is 16.4. The van der Waals surface area contributed by atoms with Crippen molar-refractivity contribution < 1.29 is 0 Å². The molecule has 2 heterocycles. The van der Waals surface area contributed by atoms with Crippen molar-refractivity contribution in [2.45, 2.75) is 69.9 Å². The molecule has 2 aromatic heterocycles. The zero-order valence-electron chi connectivity index (χ0n) is 14.5. The molecule has 0 aliphatic heterocycles. The van der Waals surface area contributed by atoms with E-state index in [-0.39, 0.29) is 0 Å². The maximum atomic E-state index is 4.64. The van der Waals surface area contributed by atoms with Crippen molar-refractivity contribution in [3.05, 3.63) is 41.2 Å². The minimum atomic E-state index is 0.580. The Kier molecular flexibility index (Phi) is 4.60. The van der Waals surface area contributed by atoms with Crippen LogP contribution in [0, 0.1) is 0 Å². The summed E-state index contributed by atoms with van der Waals surface area (Å²) in [5.74, 6) is 2.33. The van der Waals surface area contributed by atoms with Gasteiger partial charge < -0.3 is 0 Å². The highest BCUT2D eigenvalue weighted by Gasteiger charge is 2.26. The summed E-state index contributed by atoms with van der Waals surface area (Å²) in [6, 6.07) is 2.22. The molecule has 0 unspecified atom stereocenters. The summed E-state index contributed by atoms with van der Waals surface area (Å²) in [7, 11) is 2.13. The van der Waals surface area contributed by atoms with Gasteiger partial charge in [0, 0.05) is 48.6 Å². The summed E-state index contributed by atoms with van der Waals surface area (Å²) in [6.45, 7) is 1.74. The van der Waals surface area contributed by atoms with Gasteiger partial charge in [-0.25, -0.2) is 9.97 Å². The Morgan fingerprint density at radius 1 is 1.00 bits per heavy atom. The maximum absolute atomic E-state index is 4.64. The highest BCUT2D eigenvalue weighted by atomic mass is 15.2. The van der Waals surface area contributed by atoms with Gasteiger partial charge in [0.1, 0.15) is 5.82 Å². The van der Waals surface area contributed by atoms with Gasteiger partial charge in [0.25, 0.3) is 0 Å². The topological polar surface area (TPSA) is 57.7 Å². The van der Waals surface area contributed by atoms with Gasteiger partial charge in [-0.2, -0.15) is 5.10 Å². The van der Waals surface area contributed by atoms with Gasteiger partial charge in [-0.1, -0.05) is 19.3 Å². The monoisotopic (exact) mass is 325 g/mol. The first-order chi connectivity index (χ1) is 11.8. The minimum absolute atomic E-state index is 0.580. The normalized spacial score (nSPS) is 19.1. The third kappa shape index (κ3) is 3.83. The van der Waals surface area contributed by atoms with Crippen molar-refractivity contribution in [1.29, 1.82) is 0 Å². The lowest BCUT2D eigenvalue weighted by molar-refractivity contribution is 0.313. The third-order valence-electron chi connectivity index (χ3n) is 5.23. The molecular formula is C19H27N5. The molecule has 0 atom stereocenters. The number of hydrogen-bond donors (Lipinski definition) is 1. The molecule has 128 valence electrons. The van der Waals surface area contributed by atoms with Crippen LogP contribution in [0.3, 0.4) is 0 Å². The molecular weight excluding hydrogens is 298 g/mol. The summed E-state index contributed by atoms with van der Waals surface area (Å²) in [5, 5.41) is 7.60. The van der Waals surface area contributed by atoms with Gasteiger partial charge in [0.2, 0.25) is 0 Å². The predicted molar refractivity (Wildman–Crippen MR) is 93.6 cm³/mol. The molecule has 24 heavy (non-hydrogen) atoms. The molecule has 4 rings (SSSR count). The van der Waals surface area contributed by atoms with Crippen LogP contribution >= 0.6 is 0 Å². The van der Waals surface area contributed by atoms with Crippen molar-refractivity contribution in [2.24, 2.45) is 0 Å². The summed E-state index contributed by atoms with van der Waals surface area (Å²) in [5.41, 5.74) is 3.61. The molecule has 5 nitrogen and oxygen atoms in total. The fourth-order valence-electron chi connectivity index (χ4n) is 3.73. The molecule has 2 aromatic rings. The van der Waals surface area contributed by atoms with E-state index < -0.39 is 0 Å². The second-order valence-corrected chi connectivity index (χ2v) is 7.55. The second-order valence-electron chi connectivity index (χ2n) is 7.55. The summed E-state index contributed by atoms with van der Waals surface area (Å²) in [4.78, 5) is 11.6. The Morgan fingerprint density at radius 3 is 2.46 bits per heavy atom. The number of H-pyrrole nitrogens is 1. The fourth-order valence-corrected chi connectivity index (χ4v) is 3.73. The molecule has 0 amide bonds. The van der Waals surface area contributed by atoms with Crippen molar-refractivity contribution in [3.8, 4) is 0 Å². The van der Waals surface area contributed by atoms with Gasteiger partial charge >= 0.3 is 0 Å². The lowest BCUT2D eigenvalue weighted by Gasteiger charge is -2.20. The Hall–Kier alpha value is -1.75. The highest BCUT2D eigenvalue weighted by Crippen LogP contribution is 2.39. The second kappa shape index (κ2) is 7.01. The van der Waals surface area contributed by atoms with Gasteiger partial charge in [-0.3, -0.25) is 10.00 Å². The first-order valence-electron chi connectivity index (χ1n) is 9.31. The van der Waals surface area contributed by atoms with Crippen molar-refractivity contribution in [1.82, 2.24) is 25.1 Å². The molecule has 0 saturated heterocycles. The third-order valence-corrected chi connectivity index (χ3v) is 5.23. The van der Waals surface area contributed by atoms with Crippen molar-refractivity contribution in [2.75, 3.05) is 7.05 Å². The summed E-state index contributed by atoms with van der Waals surface area (Å²) >= 11 is 0. The van der Waals surface area contributed by atoms with Gasteiger partial charge in [-0.05, 0) is 38.8 Å². The molecule has 2 aliphatic carbocycles. The Morgan fingerprint density at radius 2 is 1.75 bits per heavy atom. The molecule has 2 fully saturated rings. The average molecular weight is 325 g/mol. The van der Waals surface area contributed by atoms with E-state index in [1.54, 1.807) is 0 Å². The SMILES string of the molecule is CN(Cc1cnc(C2CCCCC2)nc1)Cc1cc(C2CC2)n[nH]1. The largest absolute Gasteiger partial charge is 0.296 e. The molecule has 0 spiro atoms. The van der Waals surface area contributed by atoms with E-state index in [1.807, 2.05) is 12.4 Å². The standard InChI is InChI=1S/C19H27N5/c1-24(13-17-9-18(23-22-17)15-7-8-15)12-14-10-20-19(21-11-14)16-5-3-2-4-6-16/h9-11,15-16H,2-8,12-13H2,1H3,(H,22,23). The van der Waals surface area contributed by atoms with Gasteiger partial charge in [0.05, 0.1) is 5.69 Å². The van der Waals surface area contributed by atoms with Crippen LogP contribution in [0.5, 0.6) is 0 Å². The van der Waals surface area contributed by atoms with Gasteiger partial charge in [-0.15, -0.1) is 0 Å². The van der Waals surface area contributed by atoms with Crippen LogP contribution in [0.15, 0.2) is 18.5 Å². The fraction of sp³-hybridized carbons (Fsp3) is 0.632. The van der Waals surface area contributed by atoms with E-state index in [0.717, 1.165) is 18.9 Å². The van der Waals surface area contributed by atoms with Crippen LogP contribution in [0.2, 0.25) is 0 Å². The minimum Gasteiger partial charge on any atom is -0.296 e. The number of nitrogens with zero attached hydrogens (tertiary/aromatic N) is 4. The number of aromatic nitrogens is 4. The van der Waals surface area contributed by atoms with Crippen LogP contribution in [0.1, 0.15) is 79.6 Å². The van der Waals surface area contributed by atoms with Crippen LogP contribution in [-0.4, -0.2) is 32.1 Å². The van der Waals surface area contributed by atoms with Crippen molar-refractivity contribution >= 4 is 0 Å². The van der Waals surface area contributed by atoms with Crippen LogP contribution in [0.4, 0.5) is 0 Å². The van der Waals surface area contributed by atoms with E-state index >= 15 is 0 Å². The number of hydrogen-bond acceptors (Lipinski definition) is 4. The quantitative estimate of drug-likeness (QED) is 0.878. The van der Waals surface area contributed by atoms with Crippen LogP contribution in [0.25, 0.3) is 0 Å². The molecule has 0 radical (unpaired) electrons. The molecule has 2 saturated carbocycles. The number of nitrogens with one attached hydrogen (secondary N) is 1. The molecule has 5 heteroatoms. The lowest BCUT2D eigenvalue weighted by atomic mass is 9.89. The smallest absolute Gasteiger partial charge is 0.131 e. The van der Waals surface area contributed by atoms with E-state index in [2.05, 4.69) is 38.2 Å². The predicted octanol–water partition coefficient (Wildman–Crippen LogP) is 3.76. The molecule has 0 bridgehead atoms. The lowest BCUT2D eigenvalue weighted by Crippen LogP contribution is -2.18. The number of rotatable bonds is 6. The number of aromatic amines is 1. The van der Waals surface area contributed by atoms with Gasteiger partial charge in [0.15, 0.2) is 0 Å². The van der Waals surface area contributed by atoms with Crippen LogP contribution in [-0.2, 0) is 13.1 Å². The maximum Gasteiger partial charge on any atom is 0.131 e. The Balaban J connectivity index is 1.32. The summed E-state index contributed by atoms with van der Waals surface area (Å²) < 4.78 is 0. The first-order valence-corrected chi connectivity index (χ1v) is 9.31. The Bertz CT molecular complexity index is 653. The zero-order valence-corrected chi connectivity index (χ0v) is 14.5. The van der Waals surface area contributed by atoms with E-state index in [1.165, 1.54) is 61.9 Å². The molecule has 1 N–H and O–H groups in total. The van der Waals surface area contributed by atoms with E-state index in [9.17, 15) is 0 Å². The van der Waals surface area contributed by atoms with E-state index in [0.29, 0.717) is 11.8 Å². The van der Waals surface area contributed by atoms with Crippen LogP contribution < -0.4 is 0 Å². The molecule has 0 aromatic carbocycles. The first kappa shape index (κ1) is 15.8. The summed E-state index contributed by atoms with van der Waals surface area (Å²) in [6.07, 6.45) is 13.1. The van der Waals surface area contributed by atoms with Crippen molar-refractivity contribution in [3.63, 3.8) is 0 Å². The average Bonchev–Trinajstić information content (AvgIpc) is 3.36. The molecule has 2 aliphatic rings. The highest BCUT2D eigenvalue weighted by molar-refractivity contribution is 5.17.